The molecule has 0 saturated carbocycles. The maximum atomic E-state index is 12.5. The lowest BCUT2D eigenvalue weighted by Crippen LogP contribution is -2.30. The van der Waals surface area contributed by atoms with Gasteiger partial charge in [-0.1, -0.05) is 47.7 Å². The van der Waals surface area contributed by atoms with Gasteiger partial charge in [0.15, 0.2) is 5.69 Å². The summed E-state index contributed by atoms with van der Waals surface area (Å²) >= 11 is 0. The average molecular weight is 400 g/mol. The summed E-state index contributed by atoms with van der Waals surface area (Å²) in [4.78, 5) is 12.5. The number of hydrogen-bond acceptors (Lipinski definition) is 4. The van der Waals surface area contributed by atoms with E-state index in [-0.39, 0.29) is 18.3 Å². The fraction of sp³-hybridized carbons (Fsp3) is 0.381. The predicted molar refractivity (Wildman–Crippen MR) is 113 cm³/mol. The van der Waals surface area contributed by atoms with Gasteiger partial charge < -0.3 is 10.6 Å². The summed E-state index contributed by atoms with van der Waals surface area (Å²) in [7, 11) is 0. The first kappa shape index (κ1) is 20.3. The van der Waals surface area contributed by atoms with Crippen LogP contribution in [-0.2, 0) is 6.42 Å². The topological polar surface area (TPSA) is 71.8 Å². The molecule has 3 aromatic rings. The van der Waals surface area contributed by atoms with Crippen LogP contribution in [-0.4, -0.2) is 40.5 Å². The Morgan fingerprint density at radius 3 is 2.71 bits per heavy atom. The van der Waals surface area contributed by atoms with Crippen molar-refractivity contribution < 1.29 is 4.79 Å². The molecule has 148 valence electrons. The van der Waals surface area contributed by atoms with E-state index in [1.165, 1.54) is 16.3 Å². The Morgan fingerprint density at radius 2 is 1.93 bits per heavy atom. The molecule has 1 aromatic heterocycles. The second kappa shape index (κ2) is 9.17. The van der Waals surface area contributed by atoms with E-state index in [9.17, 15) is 4.79 Å². The summed E-state index contributed by atoms with van der Waals surface area (Å²) in [6, 6.07) is 15.1. The van der Waals surface area contributed by atoms with Gasteiger partial charge in [0.2, 0.25) is 0 Å². The molecule has 4 rings (SSSR count). The number of nitrogens with zero attached hydrogens (tertiary/aromatic N) is 3. The van der Waals surface area contributed by atoms with Crippen LogP contribution in [0.1, 0.15) is 40.6 Å². The molecule has 6 nitrogen and oxygen atoms in total. The number of hydrogen-bond donors (Lipinski definition) is 2. The van der Waals surface area contributed by atoms with Crippen molar-refractivity contribution in [3.05, 3.63) is 59.4 Å². The van der Waals surface area contributed by atoms with E-state index in [0.29, 0.717) is 18.3 Å². The molecular formula is C21H26ClN5O. The molecule has 0 bridgehead atoms. The van der Waals surface area contributed by atoms with Gasteiger partial charge in [0.05, 0.1) is 11.7 Å². The van der Waals surface area contributed by atoms with Crippen LogP contribution >= 0.6 is 12.4 Å². The van der Waals surface area contributed by atoms with Crippen LogP contribution in [0, 0.1) is 6.92 Å². The fourth-order valence-electron chi connectivity index (χ4n) is 3.75. The Hall–Kier alpha value is -2.44. The van der Waals surface area contributed by atoms with E-state index in [4.69, 9.17) is 0 Å². The first-order valence-corrected chi connectivity index (χ1v) is 9.61. The van der Waals surface area contributed by atoms with Crippen molar-refractivity contribution >= 4 is 29.1 Å². The largest absolute Gasteiger partial charge is 0.350 e. The molecule has 1 aliphatic heterocycles. The number of rotatable bonds is 5. The van der Waals surface area contributed by atoms with E-state index < -0.39 is 0 Å². The fourth-order valence-corrected chi connectivity index (χ4v) is 3.75. The van der Waals surface area contributed by atoms with Crippen molar-refractivity contribution in [2.24, 2.45) is 0 Å². The number of benzene rings is 2. The first-order valence-electron chi connectivity index (χ1n) is 9.61. The van der Waals surface area contributed by atoms with Gasteiger partial charge in [0.25, 0.3) is 5.91 Å². The molecule has 0 spiro atoms. The van der Waals surface area contributed by atoms with Crippen molar-refractivity contribution in [1.29, 1.82) is 0 Å². The first-order chi connectivity index (χ1) is 13.2. The Balaban J connectivity index is 0.00000225. The highest BCUT2D eigenvalue weighted by Gasteiger charge is 2.22. The van der Waals surface area contributed by atoms with Gasteiger partial charge in [-0.3, -0.25) is 4.79 Å². The monoisotopic (exact) mass is 399 g/mol. The number of amides is 1. The summed E-state index contributed by atoms with van der Waals surface area (Å²) in [5.74, 6) is -0.145. The standard InChI is InChI=1S/C21H25N5O.ClH/c1-15-20(24-25-26(15)19-9-11-22-12-10-19)21(27)23-13-8-16-6-7-17-4-2-3-5-18(17)14-16;/h2-7,14,19,22H,8-13H2,1H3,(H,23,27);1H. The van der Waals surface area contributed by atoms with Crippen molar-refractivity contribution in [3.8, 4) is 0 Å². The third kappa shape index (κ3) is 4.34. The number of nitrogens with one attached hydrogen (secondary N) is 2. The summed E-state index contributed by atoms with van der Waals surface area (Å²) in [5.41, 5.74) is 2.50. The summed E-state index contributed by atoms with van der Waals surface area (Å²) in [6.07, 6.45) is 2.83. The van der Waals surface area contributed by atoms with Gasteiger partial charge in [-0.2, -0.15) is 0 Å². The van der Waals surface area contributed by atoms with Crippen LogP contribution in [0.4, 0.5) is 0 Å². The molecule has 2 aromatic carbocycles. The summed E-state index contributed by atoms with van der Waals surface area (Å²) in [5, 5.41) is 17.2. The molecular weight excluding hydrogens is 374 g/mol. The summed E-state index contributed by atoms with van der Waals surface area (Å²) < 4.78 is 1.92. The highest BCUT2D eigenvalue weighted by Crippen LogP contribution is 2.20. The maximum absolute atomic E-state index is 12.5. The quantitative estimate of drug-likeness (QED) is 0.691. The van der Waals surface area contributed by atoms with Crippen LogP contribution in [0.25, 0.3) is 10.8 Å². The van der Waals surface area contributed by atoms with Crippen molar-refractivity contribution in [3.63, 3.8) is 0 Å². The summed E-state index contributed by atoms with van der Waals surface area (Å²) in [6.45, 7) is 4.48. The third-order valence-electron chi connectivity index (χ3n) is 5.31. The lowest BCUT2D eigenvalue weighted by atomic mass is 10.1. The Labute approximate surface area is 171 Å². The highest BCUT2D eigenvalue weighted by atomic mass is 35.5. The number of fused-ring (bicyclic) bond motifs is 1. The minimum Gasteiger partial charge on any atom is -0.350 e. The molecule has 1 amide bonds. The number of carbonyl (C=O) groups excluding carboxylic acids is 1. The molecule has 28 heavy (non-hydrogen) atoms. The van der Waals surface area contributed by atoms with E-state index in [2.05, 4.69) is 51.3 Å². The van der Waals surface area contributed by atoms with Gasteiger partial charge in [0.1, 0.15) is 0 Å². The smallest absolute Gasteiger partial charge is 0.273 e. The minimum atomic E-state index is -0.145. The van der Waals surface area contributed by atoms with Crippen LogP contribution < -0.4 is 10.6 Å². The zero-order valence-electron chi connectivity index (χ0n) is 16.0. The molecule has 2 N–H and O–H groups in total. The molecule has 1 aliphatic rings. The second-order valence-electron chi connectivity index (χ2n) is 7.14. The normalized spacial score (nSPS) is 14.6. The minimum absolute atomic E-state index is 0. The Morgan fingerprint density at radius 1 is 1.18 bits per heavy atom. The zero-order chi connectivity index (χ0) is 18.6. The van der Waals surface area contributed by atoms with Crippen LogP contribution in [0.3, 0.4) is 0 Å². The number of carbonyl (C=O) groups is 1. The van der Waals surface area contributed by atoms with E-state index in [0.717, 1.165) is 38.0 Å². The molecule has 1 fully saturated rings. The SMILES string of the molecule is Cc1c(C(=O)NCCc2ccc3ccccc3c2)nnn1C1CCNCC1.Cl. The Bertz CT molecular complexity index is 949. The van der Waals surface area contributed by atoms with Crippen molar-refractivity contribution in [1.82, 2.24) is 25.6 Å². The van der Waals surface area contributed by atoms with E-state index >= 15 is 0 Å². The van der Waals surface area contributed by atoms with Gasteiger partial charge >= 0.3 is 0 Å². The molecule has 0 atom stereocenters. The number of aromatic nitrogens is 3. The highest BCUT2D eigenvalue weighted by molar-refractivity contribution is 5.93. The van der Waals surface area contributed by atoms with Crippen molar-refractivity contribution in [2.75, 3.05) is 19.6 Å². The van der Waals surface area contributed by atoms with Gasteiger partial charge in [-0.05, 0) is 55.6 Å². The zero-order valence-corrected chi connectivity index (χ0v) is 16.8. The van der Waals surface area contributed by atoms with Gasteiger partial charge in [-0.25, -0.2) is 4.68 Å². The number of halogens is 1. The molecule has 1 saturated heterocycles. The lowest BCUT2D eigenvalue weighted by molar-refractivity contribution is 0.0948. The van der Waals surface area contributed by atoms with E-state index in [1.807, 2.05) is 23.7 Å². The third-order valence-corrected chi connectivity index (χ3v) is 5.31. The van der Waals surface area contributed by atoms with E-state index in [1.54, 1.807) is 0 Å². The predicted octanol–water partition coefficient (Wildman–Crippen LogP) is 3.06. The van der Waals surface area contributed by atoms with Gasteiger partial charge in [-0.15, -0.1) is 17.5 Å². The van der Waals surface area contributed by atoms with Crippen molar-refractivity contribution in [2.45, 2.75) is 32.2 Å². The molecule has 7 heteroatoms. The molecule has 0 unspecified atom stereocenters. The maximum Gasteiger partial charge on any atom is 0.273 e. The lowest BCUT2D eigenvalue weighted by Gasteiger charge is -2.23. The Kier molecular flexibility index (Phi) is 6.65. The van der Waals surface area contributed by atoms with Crippen LogP contribution in [0.15, 0.2) is 42.5 Å². The van der Waals surface area contributed by atoms with Crippen LogP contribution in [0.5, 0.6) is 0 Å². The van der Waals surface area contributed by atoms with Crippen LogP contribution in [0.2, 0.25) is 0 Å². The molecule has 2 heterocycles. The second-order valence-corrected chi connectivity index (χ2v) is 7.14. The molecule has 0 aliphatic carbocycles. The van der Waals surface area contributed by atoms with Gasteiger partial charge in [0, 0.05) is 6.54 Å². The number of piperidine rings is 1. The molecule has 0 radical (unpaired) electrons. The average Bonchev–Trinajstić information content (AvgIpc) is 3.10.